The lowest BCUT2D eigenvalue weighted by atomic mass is 9.71. The molecule has 3 aliphatic heterocycles. The lowest BCUT2D eigenvalue weighted by Gasteiger charge is -2.32. The molecule has 0 aromatic rings. The Morgan fingerprint density at radius 1 is 1.14 bits per heavy atom. The number of carbonyl (C=O) groups is 1. The van der Waals surface area contributed by atoms with Gasteiger partial charge in [0.15, 0.2) is 0 Å². The minimum absolute atomic E-state index is 0.100. The first-order chi connectivity index (χ1) is 13.4. The topological polar surface area (TPSA) is 65.6 Å². The maximum Gasteiger partial charge on any atom is 0.407 e. The summed E-state index contributed by atoms with van der Waals surface area (Å²) in [7, 11) is 0. The number of allylic oxidation sites excluding steroid dienone is 1. The van der Waals surface area contributed by atoms with Crippen molar-refractivity contribution < 1.29 is 19.4 Å². The molecule has 1 saturated carbocycles. The molecule has 5 nitrogen and oxygen atoms in total. The molecule has 0 aromatic carbocycles. The second kappa shape index (κ2) is 10.1. The lowest BCUT2D eigenvalue weighted by molar-refractivity contribution is 0.0886. The Hall–Kier alpha value is -1.07. The van der Waals surface area contributed by atoms with Crippen molar-refractivity contribution >= 4 is 6.09 Å². The molecular formula is C23H41NO4. The molecule has 4 aliphatic rings. The fourth-order valence-corrected chi connectivity index (χ4v) is 4.75. The predicted molar refractivity (Wildman–Crippen MR) is 113 cm³/mol. The highest BCUT2D eigenvalue weighted by molar-refractivity contribution is 5.64. The van der Waals surface area contributed by atoms with E-state index in [-0.39, 0.29) is 11.2 Å². The number of hydrogen-bond donors (Lipinski definition) is 1. The van der Waals surface area contributed by atoms with Crippen molar-refractivity contribution in [2.45, 2.75) is 103 Å². The molecular weight excluding hydrogens is 354 g/mol. The number of nitrogens with zero attached hydrogens (tertiary/aromatic N) is 1. The molecule has 1 spiro atoms. The first kappa shape index (κ1) is 23.2. The number of hydrogen-bond acceptors (Lipinski definition) is 3. The van der Waals surface area contributed by atoms with Crippen molar-refractivity contribution in [1.82, 2.24) is 4.90 Å². The van der Waals surface area contributed by atoms with Gasteiger partial charge in [-0.05, 0) is 59.3 Å². The van der Waals surface area contributed by atoms with Crippen molar-refractivity contribution in [2.75, 3.05) is 19.7 Å². The first-order valence-corrected chi connectivity index (χ1v) is 11.3. The fourth-order valence-electron chi connectivity index (χ4n) is 4.75. The van der Waals surface area contributed by atoms with Crippen LogP contribution in [0.3, 0.4) is 0 Å². The Kier molecular flexibility index (Phi) is 8.38. The van der Waals surface area contributed by atoms with Gasteiger partial charge >= 0.3 is 6.09 Å². The highest BCUT2D eigenvalue weighted by Crippen LogP contribution is 2.58. The molecule has 4 atom stereocenters. The van der Waals surface area contributed by atoms with Gasteiger partial charge in [0.2, 0.25) is 0 Å². The van der Waals surface area contributed by atoms with Crippen LogP contribution in [-0.2, 0) is 9.47 Å². The Labute approximate surface area is 171 Å². The minimum Gasteiger partial charge on any atom is -0.465 e. The SMILES string of the molecule is CC.CC(C)=CCC1OC1(C)C1CCCCC12CO2.O=C(O)N1CCCCC1. The number of likely N-dealkylation sites (tertiary alicyclic amines) is 1. The second-order valence-corrected chi connectivity index (χ2v) is 8.79. The second-order valence-electron chi connectivity index (χ2n) is 8.79. The van der Waals surface area contributed by atoms with Gasteiger partial charge in [0, 0.05) is 19.0 Å². The predicted octanol–water partition coefficient (Wildman–Crippen LogP) is 5.64. The maximum atomic E-state index is 10.3. The Bertz CT molecular complexity index is 533. The Morgan fingerprint density at radius 2 is 1.79 bits per heavy atom. The summed E-state index contributed by atoms with van der Waals surface area (Å²) in [6.07, 6.45) is 11.5. The number of epoxide rings is 2. The van der Waals surface area contributed by atoms with E-state index in [1.54, 1.807) is 0 Å². The third kappa shape index (κ3) is 5.73. The molecule has 4 unspecified atom stereocenters. The molecule has 3 saturated heterocycles. The molecule has 3 heterocycles. The summed E-state index contributed by atoms with van der Waals surface area (Å²) in [5.74, 6) is 0.638. The summed E-state index contributed by atoms with van der Waals surface area (Å²) in [5.41, 5.74) is 1.71. The number of ether oxygens (including phenoxy) is 2. The summed E-state index contributed by atoms with van der Waals surface area (Å²) in [6.45, 7) is 13.1. The molecule has 4 fully saturated rings. The van der Waals surface area contributed by atoms with Crippen molar-refractivity contribution in [2.24, 2.45) is 5.92 Å². The zero-order valence-corrected chi connectivity index (χ0v) is 18.6. The van der Waals surface area contributed by atoms with E-state index in [0.717, 1.165) is 39.0 Å². The molecule has 4 rings (SSSR count). The van der Waals surface area contributed by atoms with Gasteiger partial charge in [-0.1, -0.05) is 38.3 Å². The highest BCUT2D eigenvalue weighted by Gasteiger charge is 2.67. The van der Waals surface area contributed by atoms with Gasteiger partial charge < -0.3 is 19.5 Å². The Morgan fingerprint density at radius 3 is 2.29 bits per heavy atom. The van der Waals surface area contributed by atoms with E-state index in [2.05, 4.69) is 26.8 Å². The minimum atomic E-state index is -0.769. The molecule has 1 amide bonds. The van der Waals surface area contributed by atoms with Crippen molar-refractivity contribution in [1.29, 1.82) is 0 Å². The zero-order chi connectivity index (χ0) is 20.8. The molecule has 28 heavy (non-hydrogen) atoms. The Balaban J connectivity index is 0.000000216. The largest absolute Gasteiger partial charge is 0.465 e. The van der Waals surface area contributed by atoms with Gasteiger partial charge in [-0.25, -0.2) is 4.79 Å². The van der Waals surface area contributed by atoms with Crippen molar-refractivity contribution in [3.05, 3.63) is 11.6 Å². The maximum absolute atomic E-state index is 10.3. The standard InChI is InChI=1S/C15H24O2.C6H11NO2.C2H6/c1-11(2)7-8-13-14(3,17-13)12-6-4-5-9-15(12)10-16-15;8-6(9)7-4-2-1-3-5-7;1-2/h7,12-13H,4-6,8-10H2,1-3H3;1-5H2,(H,8,9);1-2H3. The number of rotatable bonds is 3. The van der Waals surface area contributed by atoms with Gasteiger partial charge in [-0.3, -0.25) is 0 Å². The van der Waals surface area contributed by atoms with Crippen LogP contribution < -0.4 is 0 Å². The number of carboxylic acid groups (broad SMARTS) is 1. The monoisotopic (exact) mass is 395 g/mol. The van der Waals surface area contributed by atoms with Crippen LogP contribution in [0.1, 0.15) is 86.0 Å². The summed E-state index contributed by atoms with van der Waals surface area (Å²) < 4.78 is 11.8. The zero-order valence-electron chi connectivity index (χ0n) is 18.6. The quantitative estimate of drug-likeness (QED) is 0.496. The van der Waals surface area contributed by atoms with Crippen molar-refractivity contribution in [3.8, 4) is 0 Å². The summed E-state index contributed by atoms with van der Waals surface area (Å²) >= 11 is 0. The van der Waals surface area contributed by atoms with E-state index in [9.17, 15) is 4.79 Å². The van der Waals surface area contributed by atoms with Gasteiger partial charge in [0.25, 0.3) is 0 Å². The molecule has 1 aliphatic carbocycles. The number of amides is 1. The van der Waals surface area contributed by atoms with Crippen LogP contribution in [-0.4, -0.2) is 53.1 Å². The first-order valence-electron chi connectivity index (χ1n) is 11.3. The molecule has 5 heteroatoms. The normalized spacial score (nSPS) is 35.7. The van der Waals surface area contributed by atoms with Gasteiger partial charge in [-0.2, -0.15) is 0 Å². The highest BCUT2D eigenvalue weighted by atomic mass is 16.6. The molecule has 0 aromatic heterocycles. The van der Waals surface area contributed by atoms with E-state index >= 15 is 0 Å². The molecule has 162 valence electrons. The van der Waals surface area contributed by atoms with E-state index in [1.165, 1.54) is 42.6 Å². The molecule has 0 radical (unpaired) electrons. The average molecular weight is 396 g/mol. The van der Waals surface area contributed by atoms with Crippen molar-refractivity contribution in [3.63, 3.8) is 0 Å². The van der Waals surface area contributed by atoms with Crippen LogP contribution in [0.4, 0.5) is 4.79 Å². The molecule has 1 N–H and O–H groups in total. The molecule has 0 bridgehead atoms. The van der Waals surface area contributed by atoms with E-state index in [1.807, 2.05) is 13.8 Å². The van der Waals surface area contributed by atoms with Gasteiger partial charge in [0.1, 0.15) is 0 Å². The third-order valence-electron chi connectivity index (χ3n) is 6.53. The van der Waals surface area contributed by atoms with Crippen LogP contribution in [0.2, 0.25) is 0 Å². The summed E-state index contributed by atoms with van der Waals surface area (Å²) in [6, 6.07) is 0. The van der Waals surface area contributed by atoms with Gasteiger partial charge in [-0.15, -0.1) is 0 Å². The summed E-state index contributed by atoms with van der Waals surface area (Å²) in [4.78, 5) is 11.8. The lowest BCUT2D eigenvalue weighted by Crippen LogP contribution is -2.39. The van der Waals surface area contributed by atoms with Crippen LogP contribution in [0.15, 0.2) is 11.6 Å². The summed E-state index contributed by atoms with van der Waals surface area (Å²) in [5, 5.41) is 8.46. The van der Waals surface area contributed by atoms with Crippen LogP contribution >= 0.6 is 0 Å². The van der Waals surface area contributed by atoms with Gasteiger partial charge in [0.05, 0.1) is 23.9 Å². The van der Waals surface area contributed by atoms with Crippen LogP contribution in [0.5, 0.6) is 0 Å². The van der Waals surface area contributed by atoms with Crippen LogP contribution in [0, 0.1) is 5.92 Å². The smallest absolute Gasteiger partial charge is 0.407 e. The number of piperidine rings is 1. The fraction of sp³-hybridized carbons (Fsp3) is 0.870. The van der Waals surface area contributed by atoms with E-state index < -0.39 is 6.09 Å². The van der Waals surface area contributed by atoms with E-state index in [0.29, 0.717) is 12.0 Å². The van der Waals surface area contributed by atoms with E-state index in [4.69, 9.17) is 14.6 Å². The third-order valence-corrected chi connectivity index (χ3v) is 6.53. The average Bonchev–Trinajstić information content (AvgIpc) is 3.61. The van der Waals surface area contributed by atoms with Crippen LogP contribution in [0.25, 0.3) is 0 Å².